The van der Waals surface area contributed by atoms with E-state index >= 15 is 0 Å². The Balaban J connectivity index is 2.17. The Kier molecular flexibility index (Phi) is 4.42. The molecular formula is C13H19N3O3S. The molecule has 1 amide bonds. The van der Waals surface area contributed by atoms with Gasteiger partial charge in [0.1, 0.15) is 0 Å². The van der Waals surface area contributed by atoms with Gasteiger partial charge >= 0.3 is 0 Å². The number of sulfonamides is 1. The minimum atomic E-state index is -3.56. The van der Waals surface area contributed by atoms with Crippen molar-refractivity contribution in [2.45, 2.75) is 30.7 Å². The molecule has 1 saturated heterocycles. The molecule has 0 aromatic heterocycles. The predicted octanol–water partition coefficient (Wildman–Crippen LogP) is 0.439. The fourth-order valence-corrected chi connectivity index (χ4v) is 3.36. The molecular weight excluding hydrogens is 278 g/mol. The van der Waals surface area contributed by atoms with Gasteiger partial charge in [-0.2, -0.15) is 0 Å². The Hall–Kier alpha value is -1.44. The SMILES string of the molecule is C[C@@H](CN)NS(=O)(=O)c1ccc(N2CCCC2=O)cc1. The molecule has 0 bridgehead atoms. The summed E-state index contributed by atoms with van der Waals surface area (Å²) in [7, 11) is -3.56. The lowest BCUT2D eigenvalue weighted by Gasteiger charge is -2.16. The smallest absolute Gasteiger partial charge is 0.240 e. The summed E-state index contributed by atoms with van der Waals surface area (Å²) in [4.78, 5) is 13.5. The van der Waals surface area contributed by atoms with Gasteiger partial charge in [-0.1, -0.05) is 0 Å². The number of benzene rings is 1. The molecule has 0 unspecified atom stereocenters. The molecule has 7 heteroatoms. The summed E-state index contributed by atoms with van der Waals surface area (Å²) < 4.78 is 26.6. The largest absolute Gasteiger partial charge is 0.329 e. The molecule has 0 radical (unpaired) electrons. The third-order valence-corrected chi connectivity index (χ3v) is 4.85. The van der Waals surface area contributed by atoms with E-state index in [0.29, 0.717) is 13.0 Å². The number of carbonyl (C=O) groups is 1. The summed E-state index contributed by atoms with van der Waals surface area (Å²) in [5.41, 5.74) is 6.14. The lowest BCUT2D eigenvalue weighted by atomic mass is 10.3. The molecule has 1 aliphatic heterocycles. The third-order valence-electron chi connectivity index (χ3n) is 3.24. The van der Waals surface area contributed by atoms with E-state index in [-0.39, 0.29) is 23.4 Å². The van der Waals surface area contributed by atoms with Crippen molar-refractivity contribution in [2.75, 3.05) is 18.0 Å². The number of hydrogen-bond donors (Lipinski definition) is 2. The molecule has 1 aliphatic rings. The second-order valence-corrected chi connectivity index (χ2v) is 6.61. The standard InChI is InChI=1S/C13H19N3O3S/c1-10(9-14)15-20(18,19)12-6-4-11(5-7-12)16-8-2-3-13(16)17/h4-7,10,15H,2-3,8-9,14H2,1H3/t10-/m0/s1. The van der Waals surface area contributed by atoms with Gasteiger partial charge < -0.3 is 10.6 Å². The quantitative estimate of drug-likeness (QED) is 0.825. The number of nitrogens with one attached hydrogen (secondary N) is 1. The van der Waals surface area contributed by atoms with Gasteiger partial charge in [0.25, 0.3) is 0 Å². The number of nitrogens with zero attached hydrogens (tertiary/aromatic N) is 1. The molecule has 1 atom stereocenters. The van der Waals surface area contributed by atoms with Gasteiger partial charge in [0.2, 0.25) is 15.9 Å². The van der Waals surface area contributed by atoms with Crippen LogP contribution in [0.1, 0.15) is 19.8 Å². The molecule has 0 saturated carbocycles. The second kappa shape index (κ2) is 5.90. The zero-order chi connectivity index (χ0) is 14.8. The van der Waals surface area contributed by atoms with Crippen molar-refractivity contribution in [1.29, 1.82) is 0 Å². The number of carbonyl (C=O) groups excluding carboxylic acids is 1. The summed E-state index contributed by atoms with van der Waals surface area (Å²) in [6.07, 6.45) is 1.39. The molecule has 20 heavy (non-hydrogen) atoms. The molecule has 0 aliphatic carbocycles. The van der Waals surface area contributed by atoms with E-state index in [9.17, 15) is 13.2 Å². The van der Waals surface area contributed by atoms with Gasteiger partial charge in [-0.05, 0) is 37.6 Å². The van der Waals surface area contributed by atoms with Crippen molar-refractivity contribution in [2.24, 2.45) is 5.73 Å². The van der Waals surface area contributed by atoms with Crippen LogP contribution in [0.15, 0.2) is 29.2 Å². The van der Waals surface area contributed by atoms with Crippen LogP contribution in [0.4, 0.5) is 5.69 Å². The lowest BCUT2D eigenvalue weighted by Crippen LogP contribution is -2.37. The van der Waals surface area contributed by atoms with E-state index in [2.05, 4.69) is 4.72 Å². The Morgan fingerprint density at radius 1 is 1.35 bits per heavy atom. The van der Waals surface area contributed by atoms with Gasteiger partial charge in [-0.25, -0.2) is 13.1 Å². The van der Waals surface area contributed by atoms with Gasteiger partial charge in [0, 0.05) is 31.2 Å². The van der Waals surface area contributed by atoms with E-state index in [1.165, 1.54) is 12.1 Å². The molecule has 1 heterocycles. The molecule has 0 spiro atoms. The maximum Gasteiger partial charge on any atom is 0.240 e. The highest BCUT2D eigenvalue weighted by Gasteiger charge is 2.22. The molecule has 1 aromatic rings. The molecule has 6 nitrogen and oxygen atoms in total. The number of nitrogens with two attached hydrogens (primary N) is 1. The van der Waals surface area contributed by atoms with Crippen molar-refractivity contribution < 1.29 is 13.2 Å². The zero-order valence-corrected chi connectivity index (χ0v) is 12.2. The molecule has 1 fully saturated rings. The minimum Gasteiger partial charge on any atom is -0.329 e. The Morgan fingerprint density at radius 2 is 2.00 bits per heavy atom. The van der Waals surface area contributed by atoms with Crippen molar-refractivity contribution in [3.8, 4) is 0 Å². The first-order valence-electron chi connectivity index (χ1n) is 6.57. The lowest BCUT2D eigenvalue weighted by molar-refractivity contribution is -0.117. The van der Waals surface area contributed by atoms with Crippen molar-refractivity contribution in [3.05, 3.63) is 24.3 Å². The minimum absolute atomic E-state index is 0.0792. The highest BCUT2D eigenvalue weighted by atomic mass is 32.2. The van der Waals surface area contributed by atoms with Crippen LogP contribution in [-0.4, -0.2) is 33.5 Å². The summed E-state index contributed by atoms with van der Waals surface area (Å²) >= 11 is 0. The first-order chi connectivity index (χ1) is 9.44. The van der Waals surface area contributed by atoms with E-state index in [0.717, 1.165) is 12.1 Å². The summed E-state index contributed by atoms with van der Waals surface area (Å²) in [6, 6.07) is 6.01. The third kappa shape index (κ3) is 3.17. The zero-order valence-electron chi connectivity index (χ0n) is 11.4. The Morgan fingerprint density at radius 3 is 2.50 bits per heavy atom. The maximum atomic E-state index is 12.1. The molecule has 3 N–H and O–H groups in total. The Bertz CT molecular complexity index is 583. The van der Waals surface area contributed by atoms with Gasteiger partial charge in [0.05, 0.1) is 4.90 Å². The first kappa shape index (κ1) is 15.0. The van der Waals surface area contributed by atoms with Crippen molar-refractivity contribution >= 4 is 21.6 Å². The van der Waals surface area contributed by atoms with Crippen LogP contribution < -0.4 is 15.4 Å². The maximum absolute atomic E-state index is 12.1. The van der Waals surface area contributed by atoms with Crippen LogP contribution in [0.2, 0.25) is 0 Å². The predicted molar refractivity (Wildman–Crippen MR) is 76.9 cm³/mol. The number of hydrogen-bond acceptors (Lipinski definition) is 4. The summed E-state index contributed by atoms with van der Waals surface area (Å²) in [5.74, 6) is 0.0792. The Labute approximate surface area is 119 Å². The van der Waals surface area contributed by atoms with E-state index < -0.39 is 10.0 Å². The van der Waals surface area contributed by atoms with Gasteiger partial charge in [-0.15, -0.1) is 0 Å². The van der Waals surface area contributed by atoms with Crippen LogP contribution in [0.3, 0.4) is 0 Å². The van der Waals surface area contributed by atoms with Crippen molar-refractivity contribution in [3.63, 3.8) is 0 Å². The van der Waals surface area contributed by atoms with Crippen LogP contribution in [0.25, 0.3) is 0 Å². The summed E-state index contributed by atoms with van der Waals surface area (Å²) in [5, 5.41) is 0. The van der Waals surface area contributed by atoms with E-state index in [1.807, 2.05) is 0 Å². The van der Waals surface area contributed by atoms with Crippen molar-refractivity contribution in [1.82, 2.24) is 4.72 Å². The highest BCUT2D eigenvalue weighted by molar-refractivity contribution is 7.89. The second-order valence-electron chi connectivity index (χ2n) is 4.90. The normalized spacial score (nSPS) is 17.5. The topological polar surface area (TPSA) is 92.5 Å². The summed E-state index contributed by atoms with van der Waals surface area (Å²) in [6.45, 7) is 2.63. The van der Waals surface area contributed by atoms with E-state index in [4.69, 9.17) is 5.73 Å². The molecule has 1 aromatic carbocycles. The number of amides is 1. The average molecular weight is 297 g/mol. The first-order valence-corrected chi connectivity index (χ1v) is 8.05. The van der Waals surface area contributed by atoms with E-state index in [1.54, 1.807) is 24.0 Å². The molecule has 110 valence electrons. The highest BCUT2D eigenvalue weighted by Crippen LogP contribution is 2.22. The van der Waals surface area contributed by atoms with Crippen LogP contribution in [0, 0.1) is 0 Å². The van der Waals surface area contributed by atoms with Crippen LogP contribution >= 0.6 is 0 Å². The molecule has 2 rings (SSSR count). The van der Waals surface area contributed by atoms with Crippen LogP contribution in [-0.2, 0) is 14.8 Å². The number of rotatable bonds is 5. The monoisotopic (exact) mass is 297 g/mol. The van der Waals surface area contributed by atoms with Gasteiger partial charge in [-0.3, -0.25) is 4.79 Å². The fraction of sp³-hybridized carbons (Fsp3) is 0.462. The average Bonchev–Trinajstić information content (AvgIpc) is 2.84. The van der Waals surface area contributed by atoms with Gasteiger partial charge in [0.15, 0.2) is 0 Å². The number of anilines is 1. The fourth-order valence-electron chi connectivity index (χ4n) is 2.11. The van der Waals surface area contributed by atoms with Crippen LogP contribution in [0.5, 0.6) is 0 Å².